The quantitative estimate of drug-likeness (QED) is 0.136. The Morgan fingerprint density at radius 1 is 0.918 bits per heavy atom. The van der Waals surface area contributed by atoms with E-state index in [2.05, 4.69) is 73.5 Å². The normalized spacial score (nSPS) is 14.3. The number of aliphatic carboxylic acids is 2. The molecule has 18 heteroatoms. The highest BCUT2D eigenvalue weighted by Crippen LogP contribution is 2.41. The van der Waals surface area contributed by atoms with Gasteiger partial charge >= 0.3 is 24.3 Å². The third-order valence-electron chi connectivity index (χ3n) is 7.45. The van der Waals surface area contributed by atoms with Crippen LogP contribution in [0.25, 0.3) is 22.1 Å². The van der Waals surface area contributed by atoms with Crippen molar-refractivity contribution in [3.05, 3.63) is 83.5 Å². The number of pyridine rings is 1. The maximum atomic E-state index is 10.6. The fourth-order valence-electron chi connectivity index (χ4n) is 5.18. The van der Waals surface area contributed by atoms with Gasteiger partial charge in [-0.1, -0.05) is 41.9 Å². The first kappa shape index (κ1) is 36.6. The number of hydrogen-bond acceptors (Lipinski definition) is 8. The molecule has 0 aliphatic carbocycles. The second-order valence-electron chi connectivity index (χ2n) is 10.7. The van der Waals surface area contributed by atoms with E-state index < -0.39 is 24.3 Å². The topological polar surface area (TPSA) is 157 Å². The molecule has 1 aliphatic rings. The molecule has 2 aromatic carbocycles. The lowest BCUT2D eigenvalue weighted by Crippen LogP contribution is -2.34. The number of aromatic nitrogens is 5. The molecule has 4 heterocycles. The Kier molecular flexibility index (Phi) is 11.5. The SMILES string of the molecule is CC(Nc1ncnc2[nH]cnc12)c1cc(Cl)c2cccnc2c1N1CCC(c2ccccc2)CC1.O=C(O)C(F)(F)F.O=C(O)C(F)(F)F. The summed E-state index contributed by atoms with van der Waals surface area (Å²) >= 11 is 6.77. The summed E-state index contributed by atoms with van der Waals surface area (Å²) in [6.07, 6.45) is -2.95. The number of nitrogens with one attached hydrogen (secondary N) is 2. The number of benzene rings is 2. The van der Waals surface area contributed by atoms with Crippen LogP contribution < -0.4 is 10.2 Å². The van der Waals surface area contributed by atoms with Crippen molar-refractivity contribution in [1.82, 2.24) is 24.9 Å². The molecule has 1 atom stereocenters. The van der Waals surface area contributed by atoms with Crippen LogP contribution in [0.4, 0.5) is 37.8 Å². The number of nitrogens with zero attached hydrogens (tertiary/aromatic N) is 5. The largest absolute Gasteiger partial charge is 0.490 e. The van der Waals surface area contributed by atoms with Crippen molar-refractivity contribution in [1.29, 1.82) is 0 Å². The van der Waals surface area contributed by atoms with Crippen molar-refractivity contribution >= 4 is 57.1 Å². The molecule has 1 unspecified atom stereocenters. The van der Waals surface area contributed by atoms with Crippen LogP contribution in [0.1, 0.15) is 42.9 Å². The maximum Gasteiger partial charge on any atom is 0.490 e. The van der Waals surface area contributed by atoms with Gasteiger partial charge in [0.1, 0.15) is 11.8 Å². The molecule has 0 radical (unpaired) electrons. The molecular formula is C31H28ClF6N7O4. The van der Waals surface area contributed by atoms with Crippen molar-refractivity contribution < 1.29 is 46.1 Å². The number of rotatable bonds is 5. The van der Waals surface area contributed by atoms with Gasteiger partial charge in [-0.05, 0) is 49.4 Å². The standard InChI is InChI=1S/C27H26ClN7.2C2HF3O2/c1-17(34-27-24-26(31-15-30-24)32-16-33-27)21-14-22(28)20-8-5-11-29-23(20)25(21)35-12-9-19(10-13-35)18-6-3-2-4-7-18;2*3-2(4,5)1(6)7/h2-8,11,14-17,19H,9-10,12-13H2,1H3,(H2,30,31,32,33,34);2*(H,6,7). The Balaban J connectivity index is 0.000000327. The lowest BCUT2D eigenvalue weighted by atomic mass is 9.88. The molecule has 6 rings (SSSR count). The van der Waals surface area contributed by atoms with E-state index in [1.807, 2.05) is 18.3 Å². The third kappa shape index (κ3) is 9.25. The predicted molar refractivity (Wildman–Crippen MR) is 168 cm³/mol. The Labute approximate surface area is 279 Å². The minimum atomic E-state index is -5.08. The van der Waals surface area contributed by atoms with Crippen LogP contribution in [0.2, 0.25) is 5.02 Å². The van der Waals surface area contributed by atoms with Crippen LogP contribution in [-0.2, 0) is 9.59 Å². The number of fused-ring (bicyclic) bond motifs is 2. The number of carbonyl (C=O) groups is 2. The second kappa shape index (κ2) is 15.4. The number of carboxylic acid groups (broad SMARTS) is 2. The van der Waals surface area contributed by atoms with Crippen LogP contribution in [0.15, 0.2) is 67.4 Å². The summed E-state index contributed by atoms with van der Waals surface area (Å²) < 4.78 is 63.5. The van der Waals surface area contributed by atoms with E-state index in [0.717, 1.165) is 53.6 Å². The Morgan fingerprint density at radius 2 is 1.53 bits per heavy atom. The van der Waals surface area contributed by atoms with Gasteiger partial charge in [0.25, 0.3) is 0 Å². The van der Waals surface area contributed by atoms with Crippen LogP contribution >= 0.6 is 11.6 Å². The molecule has 4 N–H and O–H groups in total. The van der Waals surface area contributed by atoms with Gasteiger partial charge in [-0.2, -0.15) is 26.3 Å². The monoisotopic (exact) mass is 711 g/mol. The average Bonchev–Trinajstić information content (AvgIpc) is 3.55. The Hall–Kier alpha value is -5.19. The summed E-state index contributed by atoms with van der Waals surface area (Å²) in [5.41, 5.74) is 6.03. The second-order valence-corrected chi connectivity index (χ2v) is 11.1. The van der Waals surface area contributed by atoms with Gasteiger partial charge in [0, 0.05) is 30.2 Å². The number of aromatic amines is 1. The van der Waals surface area contributed by atoms with Crippen molar-refractivity contribution in [3.8, 4) is 0 Å². The zero-order valence-corrected chi connectivity index (χ0v) is 26.2. The summed E-state index contributed by atoms with van der Waals surface area (Å²) in [6.45, 7) is 4.05. The van der Waals surface area contributed by atoms with Gasteiger partial charge in [-0.3, -0.25) is 4.98 Å². The van der Waals surface area contributed by atoms with Gasteiger partial charge in [-0.25, -0.2) is 24.5 Å². The van der Waals surface area contributed by atoms with E-state index in [0.29, 0.717) is 22.4 Å². The van der Waals surface area contributed by atoms with Gasteiger partial charge < -0.3 is 25.4 Å². The van der Waals surface area contributed by atoms with Crippen LogP contribution in [0.3, 0.4) is 0 Å². The lowest BCUT2D eigenvalue weighted by Gasteiger charge is -2.36. The molecular weight excluding hydrogens is 684 g/mol. The fraction of sp³-hybridized carbons (Fsp3) is 0.290. The summed E-state index contributed by atoms with van der Waals surface area (Å²) in [7, 11) is 0. The summed E-state index contributed by atoms with van der Waals surface area (Å²) in [4.78, 5) is 41.2. The van der Waals surface area contributed by atoms with E-state index in [9.17, 15) is 26.3 Å². The van der Waals surface area contributed by atoms with E-state index in [4.69, 9.17) is 36.4 Å². The highest BCUT2D eigenvalue weighted by atomic mass is 35.5. The van der Waals surface area contributed by atoms with Crippen molar-refractivity contribution in [3.63, 3.8) is 0 Å². The summed E-state index contributed by atoms with van der Waals surface area (Å²) in [5, 5.41) is 19.5. The molecule has 260 valence electrons. The fourth-order valence-corrected chi connectivity index (χ4v) is 5.45. The molecule has 5 aromatic rings. The zero-order chi connectivity index (χ0) is 35.9. The molecule has 11 nitrogen and oxygen atoms in total. The van der Waals surface area contributed by atoms with Gasteiger partial charge in [0.15, 0.2) is 11.5 Å². The smallest absolute Gasteiger partial charge is 0.475 e. The molecule has 3 aromatic heterocycles. The number of piperidine rings is 1. The summed E-state index contributed by atoms with van der Waals surface area (Å²) in [5.74, 6) is -4.25. The van der Waals surface area contributed by atoms with E-state index in [-0.39, 0.29) is 6.04 Å². The number of anilines is 2. The first-order valence-electron chi connectivity index (χ1n) is 14.5. The highest BCUT2D eigenvalue weighted by Gasteiger charge is 2.39. The van der Waals surface area contributed by atoms with Crippen molar-refractivity contribution in [2.45, 2.75) is 44.1 Å². The van der Waals surface area contributed by atoms with Crippen molar-refractivity contribution in [2.75, 3.05) is 23.3 Å². The minimum absolute atomic E-state index is 0.0736. The molecule has 0 bridgehead atoms. The minimum Gasteiger partial charge on any atom is -0.475 e. The molecule has 1 aliphatic heterocycles. The van der Waals surface area contributed by atoms with Crippen molar-refractivity contribution in [2.24, 2.45) is 0 Å². The first-order chi connectivity index (χ1) is 23.1. The molecule has 0 spiro atoms. The summed E-state index contributed by atoms with van der Waals surface area (Å²) in [6, 6.07) is 16.8. The van der Waals surface area contributed by atoms with Crippen LogP contribution in [-0.4, -0.2) is 72.5 Å². The molecule has 0 saturated carbocycles. The predicted octanol–water partition coefficient (Wildman–Crippen LogP) is 7.38. The average molecular weight is 712 g/mol. The zero-order valence-electron chi connectivity index (χ0n) is 25.4. The van der Waals surface area contributed by atoms with Crippen LogP contribution in [0.5, 0.6) is 0 Å². The Morgan fingerprint density at radius 3 is 2.12 bits per heavy atom. The third-order valence-corrected chi connectivity index (χ3v) is 7.76. The molecule has 1 saturated heterocycles. The number of carboxylic acids is 2. The molecule has 1 fully saturated rings. The van der Waals surface area contributed by atoms with Gasteiger partial charge in [0.2, 0.25) is 0 Å². The van der Waals surface area contributed by atoms with Crippen LogP contribution in [0, 0.1) is 0 Å². The maximum absolute atomic E-state index is 10.6. The number of imidazole rings is 1. The lowest BCUT2D eigenvalue weighted by molar-refractivity contribution is -0.193. The van der Waals surface area contributed by atoms with Gasteiger partial charge in [0.05, 0.1) is 28.6 Å². The van der Waals surface area contributed by atoms with Gasteiger partial charge in [-0.15, -0.1) is 0 Å². The van der Waals surface area contributed by atoms with E-state index in [1.54, 1.807) is 12.7 Å². The number of hydrogen-bond donors (Lipinski definition) is 4. The number of H-pyrrole nitrogens is 1. The highest BCUT2D eigenvalue weighted by molar-refractivity contribution is 6.36. The number of halogens is 7. The molecule has 0 amide bonds. The Bertz CT molecular complexity index is 1880. The first-order valence-corrected chi connectivity index (χ1v) is 14.8. The van der Waals surface area contributed by atoms with E-state index in [1.165, 1.54) is 5.56 Å². The molecule has 49 heavy (non-hydrogen) atoms. The number of alkyl halides is 6. The van der Waals surface area contributed by atoms with E-state index >= 15 is 0 Å².